The van der Waals surface area contributed by atoms with Crippen LogP contribution in [0.2, 0.25) is 0 Å². The Bertz CT molecular complexity index is 352. The second-order valence-corrected chi connectivity index (χ2v) is 3.43. The summed E-state index contributed by atoms with van der Waals surface area (Å²) in [6.07, 6.45) is 0. The summed E-state index contributed by atoms with van der Waals surface area (Å²) in [6.45, 7) is 2.73. The summed E-state index contributed by atoms with van der Waals surface area (Å²) in [4.78, 5) is 11.3. The van der Waals surface area contributed by atoms with E-state index >= 15 is 0 Å². The average molecular weight is 243 g/mol. The fraction of sp³-hybridized carbons (Fsp3) is 0.667. The summed E-state index contributed by atoms with van der Waals surface area (Å²) in [7, 11) is 1.57. The van der Waals surface area contributed by atoms with E-state index in [9.17, 15) is 4.79 Å². The number of carbonyl (C=O) groups is 1. The molecule has 1 atom stereocenters. The Morgan fingerprint density at radius 1 is 1.59 bits per heavy atom. The van der Waals surface area contributed by atoms with E-state index in [1.54, 1.807) is 14.0 Å². The number of amides is 1. The molecule has 0 aliphatic carbocycles. The molecular weight excluding hydrogens is 226 g/mol. The van der Waals surface area contributed by atoms with Gasteiger partial charge >= 0.3 is 6.01 Å². The van der Waals surface area contributed by atoms with Crippen molar-refractivity contribution in [2.75, 3.05) is 32.1 Å². The van der Waals surface area contributed by atoms with Gasteiger partial charge in [0.05, 0.1) is 19.2 Å². The largest absolute Gasteiger partial charge is 0.406 e. The summed E-state index contributed by atoms with van der Waals surface area (Å²) in [5.41, 5.74) is 5.55. The Morgan fingerprint density at radius 3 is 2.94 bits per heavy atom. The van der Waals surface area contributed by atoms with Crippen LogP contribution in [0.15, 0.2) is 4.42 Å². The molecule has 1 aromatic rings. The summed E-state index contributed by atoms with van der Waals surface area (Å²) in [5, 5.41) is 12.7. The van der Waals surface area contributed by atoms with Crippen molar-refractivity contribution >= 4 is 11.9 Å². The van der Waals surface area contributed by atoms with Gasteiger partial charge < -0.3 is 25.5 Å². The number of methoxy groups -OCH3 is 1. The lowest BCUT2D eigenvalue weighted by molar-refractivity contribution is -0.119. The molecule has 0 radical (unpaired) electrons. The number of hydrogen-bond acceptors (Lipinski definition) is 7. The topological polar surface area (TPSA) is 115 Å². The van der Waals surface area contributed by atoms with Crippen LogP contribution in [0.1, 0.15) is 18.9 Å². The molecular formula is C9H17N5O3. The number of nitrogens with one attached hydrogen (secondary N) is 2. The first-order valence-corrected chi connectivity index (χ1v) is 5.22. The molecule has 0 aliphatic heterocycles. The van der Waals surface area contributed by atoms with E-state index in [4.69, 9.17) is 14.9 Å². The normalized spacial score (nSPS) is 12.2. The first-order valence-electron chi connectivity index (χ1n) is 5.22. The highest BCUT2D eigenvalue weighted by Gasteiger charge is 2.10. The number of ether oxygens (including phenoxy) is 1. The second kappa shape index (κ2) is 6.81. The molecule has 1 rings (SSSR count). The molecule has 1 aromatic heterocycles. The standard InChI is InChI=1S/C9H17N5O3/c1-6(10)8-13-14-9(17-8)12-5-7(15)11-3-4-16-2/h6H,3-5,10H2,1-2H3,(H,11,15)(H,12,14). The zero-order valence-corrected chi connectivity index (χ0v) is 9.90. The van der Waals surface area contributed by atoms with Gasteiger partial charge in [-0.1, -0.05) is 5.10 Å². The van der Waals surface area contributed by atoms with Crippen LogP contribution in [0.4, 0.5) is 6.01 Å². The van der Waals surface area contributed by atoms with E-state index in [2.05, 4.69) is 20.8 Å². The number of nitrogens with two attached hydrogens (primary N) is 1. The monoisotopic (exact) mass is 243 g/mol. The maximum atomic E-state index is 11.3. The smallest absolute Gasteiger partial charge is 0.315 e. The fourth-order valence-electron chi connectivity index (χ4n) is 1.00. The second-order valence-electron chi connectivity index (χ2n) is 3.43. The van der Waals surface area contributed by atoms with Crippen LogP contribution < -0.4 is 16.4 Å². The molecule has 96 valence electrons. The zero-order valence-electron chi connectivity index (χ0n) is 9.90. The lowest BCUT2D eigenvalue weighted by Crippen LogP contribution is -2.32. The molecule has 1 amide bonds. The molecule has 0 saturated carbocycles. The Kier molecular flexibility index (Phi) is 5.37. The summed E-state index contributed by atoms with van der Waals surface area (Å²) in [5.74, 6) is 0.148. The predicted octanol–water partition coefficient (Wildman–Crippen LogP) is -0.736. The van der Waals surface area contributed by atoms with Crippen molar-refractivity contribution in [2.45, 2.75) is 13.0 Å². The van der Waals surface area contributed by atoms with Gasteiger partial charge in [0, 0.05) is 13.7 Å². The maximum Gasteiger partial charge on any atom is 0.315 e. The fourth-order valence-corrected chi connectivity index (χ4v) is 1.00. The SMILES string of the molecule is COCCNC(=O)CNc1nnc(C(C)N)o1. The average Bonchev–Trinajstić information content (AvgIpc) is 2.75. The minimum absolute atomic E-state index is 0.0598. The highest BCUT2D eigenvalue weighted by atomic mass is 16.5. The van der Waals surface area contributed by atoms with Crippen LogP contribution >= 0.6 is 0 Å². The highest BCUT2D eigenvalue weighted by Crippen LogP contribution is 2.10. The number of aromatic nitrogens is 2. The number of carbonyl (C=O) groups excluding carboxylic acids is 1. The Labute approximate surface area is 98.9 Å². The summed E-state index contributed by atoms with van der Waals surface area (Å²) >= 11 is 0. The number of anilines is 1. The van der Waals surface area contributed by atoms with Crippen molar-refractivity contribution in [1.82, 2.24) is 15.5 Å². The molecule has 0 bridgehead atoms. The first kappa shape index (κ1) is 13.4. The summed E-state index contributed by atoms with van der Waals surface area (Å²) < 4.78 is 9.95. The molecule has 1 heterocycles. The quantitative estimate of drug-likeness (QED) is 0.540. The van der Waals surface area contributed by atoms with E-state index in [1.807, 2.05) is 0 Å². The number of nitrogens with zero attached hydrogens (tertiary/aromatic N) is 2. The van der Waals surface area contributed by atoms with Gasteiger partial charge in [0.15, 0.2) is 0 Å². The van der Waals surface area contributed by atoms with Gasteiger partial charge in [-0.05, 0) is 6.92 Å². The van der Waals surface area contributed by atoms with Gasteiger partial charge in [-0.3, -0.25) is 4.79 Å². The van der Waals surface area contributed by atoms with Crippen molar-refractivity contribution in [1.29, 1.82) is 0 Å². The van der Waals surface area contributed by atoms with Gasteiger partial charge in [0.25, 0.3) is 0 Å². The molecule has 4 N–H and O–H groups in total. The molecule has 0 saturated heterocycles. The Balaban J connectivity index is 2.27. The first-order chi connectivity index (χ1) is 8.13. The third-order valence-corrected chi connectivity index (χ3v) is 1.86. The van der Waals surface area contributed by atoms with E-state index in [0.717, 1.165) is 0 Å². The maximum absolute atomic E-state index is 11.3. The molecule has 0 aliphatic rings. The number of hydrogen-bond donors (Lipinski definition) is 3. The third kappa shape index (κ3) is 4.79. The van der Waals surface area contributed by atoms with E-state index in [-0.39, 0.29) is 24.5 Å². The molecule has 0 spiro atoms. The van der Waals surface area contributed by atoms with Gasteiger partial charge in [0.2, 0.25) is 11.8 Å². The van der Waals surface area contributed by atoms with Crippen molar-refractivity contribution in [2.24, 2.45) is 5.73 Å². The van der Waals surface area contributed by atoms with Crippen LogP contribution in [-0.4, -0.2) is 42.9 Å². The zero-order chi connectivity index (χ0) is 12.7. The van der Waals surface area contributed by atoms with Crippen molar-refractivity contribution in [3.05, 3.63) is 5.89 Å². The molecule has 17 heavy (non-hydrogen) atoms. The van der Waals surface area contributed by atoms with Gasteiger partial charge in [-0.25, -0.2) is 0 Å². The van der Waals surface area contributed by atoms with E-state index < -0.39 is 0 Å². The molecule has 1 unspecified atom stereocenters. The third-order valence-electron chi connectivity index (χ3n) is 1.86. The van der Waals surface area contributed by atoms with Crippen molar-refractivity contribution in [3.63, 3.8) is 0 Å². The minimum Gasteiger partial charge on any atom is -0.406 e. The van der Waals surface area contributed by atoms with E-state index in [0.29, 0.717) is 19.0 Å². The van der Waals surface area contributed by atoms with Crippen LogP contribution in [0, 0.1) is 0 Å². The molecule has 8 heteroatoms. The van der Waals surface area contributed by atoms with Crippen LogP contribution in [0.3, 0.4) is 0 Å². The van der Waals surface area contributed by atoms with Crippen molar-refractivity contribution < 1.29 is 13.9 Å². The van der Waals surface area contributed by atoms with Gasteiger partial charge in [-0.15, -0.1) is 5.10 Å². The minimum atomic E-state index is -0.325. The predicted molar refractivity (Wildman–Crippen MR) is 60.3 cm³/mol. The highest BCUT2D eigenvalue weighted by molar-refractivity contribution is 5.79. The number of rotatable bonds is 7. The van der Waals surface area contributed by atoms with E-state index in [1.165, 1.54) is 0 Å². The molecule has 0 fully saturated rings. The Morgan fingerprint density at radius 2 is 2.35 bits per heavy atom. The molecule has 0 aromatic carbocycles. The lowest BCUT2D eigenvalue weighted by atomic mass is 10.4. The van der Waals surface area contributed by atoms with Gasteiger partial charge in [0.1, 0.15) is 0 Å². The van der Waals surface area contributed by atoms with Crippen LogP contribution in [-0.2, 0) is 9.53 Å². The lowest BCUT2D eigenvalue weighted by Gasteiger charge is -2.04. The van der Waals surface area contributed by atoms with Gasteiger partial charge in [-0.2, -0.15) is 0 Å². The van der Waals surface area contributed by atoms with Crippen LogP contribution in [0.25, 0.3) is 0 Å². The summed E-state index contributed by atoms with van der Waals surface area (Å²) in [6, 6.07) is -0.146. The Hall–Kier alpha value is -1.67. The van der Waals surface area contributed by atoms with Crippen LogP contribution in [0.5, 0.6) is 0 Å². The van der Waals surface area contributed by atoms with Crippen molar-refractivity contribution in [3.8, 4) is 0 Å². The molecule has 8 nitrogen and oxygen atoms in total.